The number of sulfonamides is 1. The van der Waals surface area contributed by atoms with E-state index < -0.39 is 28.5 Å². The average Bonchev–Trinajstić information content (AvgIpc) is 2.79. The molecular weight excluding hydrogens is 545 g/mol. The van der Waals surface area contributed by atoms with Gasteiger partial charge >= 0.3 is 0 Å². The Labute approximate surface area is 228 Å². The summed E-state index contributed by atoms with van der Waals surface area (Å²) in [5.74, 6) is -0.882. The first-order chi connectivity index (χ1) is 16.8. The molecule has 2 aromatic carbocycles. The van der Waals surface area contributed by atoms with Crippen LogP contribution in [-0.4, -0.2) is 50.0 Å². The van der Waals surface area contributed by atoms with E-state index in [4.69, 9.17) is 34.8 Å². The zero-order chi connectivity index (χ0) is 27.2. The maximum absolute atomic E-state index is 13.8. The van der Waals surface area contributed by atoms with Crippen LogP contribution in [-0.2, 0) is 26.2 Å². The fraction of sp³-hybridized carbons (Fsp3) is 0.440. The van der Waals surface area contributed by atoms with Crippen LogP contribution in [0.1, 0.15) is 44.7 Å². The van der Waals surface area contributed by atoms with Crippen molar-refractivity contribution in [3.05, 3.63) is 62.6 Å². The Morgan fingerprint density at radius 3 is 2.17 bits per heavy atom. The molecule has 0 fully saturated rings. The van der Waals surface area contributed by atoms with E-state index in [9.17, 15) is 18.0 Å². The molecule has 0 saturated carbocycles. The van der Waals surface area contributed by atoms with Crippen LogP contribution in [0.15, 0.2) is 36.4 Å². The predicted octanol–water partition coefficient (Wildman–Crippen LogP) is 5.44. The second-order valence-corrected chi connectivity index (χ2v) is 11.9. The summed E-state index contributed by atoms with van der Waals surface area (Å²) in [5, 5.41) is 4.02. The van der Waals surface area contributed by atoms with Crippen LogP contribution in [0.4, 0.5) is 5.69 Å². The molecule has 7 nitrogen and oxygen atoms in total. The topological polar surface area (TPSA) is 86.8 Å². The lowest BCUT2D eigenvalue weighted by atomic mass is 10.1. The fourth-order valence-electron chi connectivity index (χ4n) is 3.64. The molecule has 1 N–H and O–H groups in total. The minimum Gasteiger partial charge on any atom is -0.352 e. The first-order valence-corrected chi connectivity index (χ1v) is 14.5. The van der Waals surface area contributed by atoms with Gasteiger partial charge in [-0.3, -0.25) is 13.9 Å². The van der Waals surface area contributed by atoms with Crippen molar-refractivity contribution in [1.82, 2.24) is 10.2 Å². The molecule has 2 rings (SSSR count). The Morgan fingerprint density at radius 1 is 1.00 bits per heavy atom. The molecule has 0 aliphatic carbocycles. The van der Waals surface area contributed by atoms with E-state index in [1.165, 1.54) is 11.0 Å². The quantitative estimate of drug-likeness (QED) is 0.386. The Morgan fingerprint density at radius 2 is 1.61 bits per heavy atom. The van der Waals surface area contributed by atoms with Crippen LogP contribution in [0.3, 0.4) is 0 Å². The standard InChI is InChI=1S/C25H32Cl3N3O4S/c1-6-17(4)29-25(33)22(7-2)30(14-18-9-11-19(26)12-21(18)28)24(32)15-31(36(5,34)35)23-13-20(27)10-8-16(23)3/h8-13,17,22H,6-7,14-15H2,1-5H3,(H,29,33)/t17-,22-/m0/s1. The minimum absolute atomic E-state index is 0.00655. The number of anilines is 1. The number of aryl methyl sites for hydroxylation is 1. The SMILES string of the molecule is CC[C@H](C)NC(=O)[C@H](CC)N(Cc1ccc(Cl)cc1Cl)C(=O)CN(c1cc(Cl)ccc1C)S(C)(=O)=O. The van der Waals surface area contributed by atoms with Crippen LogP contribution in [0, 0.1) is 6.92 Å². The number of nitrogens with one attached hydrogen (secondary N) is 1. The van der Waals surface area contributed by atoms with Gasteiger partial charge in [0.25, 0.3) is 0 Å². The first-order valence-electron chi connectivity index (χ1n) is 11.6. The van der Waals surface area contributed by atoms with Gasteiger partial charge in [-0.25, -0.2) is 8.42 Å². The van der Waals surface area contributed by atoms with E-state index in [0.29, 0.717) is 38.3 Å². The second kappa shape index (κ2) is 13.0. The highest BCUT2D eigenvalue weighted by Crippen LogP contribution is 2.28. The Balaban J connectivity index is 2.52. The molecule has 0 unspecified atom stereocenters. The monoisotopic (exact) mass is 575 g/mol. The normalized spacial score (nSPS) is 13.1. The molecule has 0 saturated heterocycles. The lowest BCUT2D eigenvalue weighted by Crippen LogP contribution is -2.53. The van der Waals surface area contributed by atoms with Gasteiger partial charge in [-0.15, -0.1) is 0 Å². The van der Waals surface area contributed by atoms with E-state index >= 15 is 0 Å². The van der Waals surface area contributed by atoms with Crippen molar-refractivity contribution in [2.75, 3.05) is 17.1 Å². The molecular formula is C25H32Cl3N3O4S. The molecule has 11 heteroatoms. The molecule has 0 aromatic heterocycles. The number of hydrogen-bond acceptors (Lipinski definition) is 4. The molecule has 0 radical (unpaired) electrons. The Hall–Kier alpha value is -2.00. The molecule has 2 aromatic rings. The summed E-state index contributed by atoms with van der Waals surface area (Å²) in [6.07, 6.45) is 2.05. The van der Waals surface area contributed by atoms with Crippen LogP contribution in [0.5, 0.6) is 0 Å². The highest BCUT2D eigenvalue weighted by molar-refractivity contribution is 7.92. The molecule has 2 atom stereocenters. The third-order valence-electron chi connectivity index (χ3n) is 5.86. The van der Waals surface area contributed by atoms with Gasteiger partial charge in [-0.05, 0) is 62.1 Å². The summed E-state index contributed by atoms with van der Waals surface area (Å²) in [7, 11) is -3.86. The zero-order valence-corrected chi connectivity index (χ0v) is 24.1. The van der Waals surface area contributed by atoms with Crippen molar-refractivity contribution in [2.45, 2.75) is 59.2 Å². The first kappa shape index (κ1) is 30.2. The van der Waals surface area contributed by atoms with Crippen molar-refractivity contribution < 1.29 is 18.0 Å². The summed E-state index contributed by atoms with van der Waals surface area (Å²) in [6, 6.07) is 8.76. The zero-order valence-electron chi connectivity index (χ0n) is 21.0. The molecule has 0 aliphatic heterocycles. The van der Waals surface area contributed by atoms with Gasteiger partial charge in [0.15, 0.2) is 0 Å². The summed E-state index contributed by atoms with van der Waals surface area (Å²) < 4.78 is 26.5. The molecule has 2 amide bonds. The maximum Gasteiger partial charge on any atom is 0.244 e. The summed E-state index contributed by atoms with van der Waals surface area (Å²) in [5.41, 5.74) is 1.50. The second-order valence-electron chi connectivity index (χ2n) is 8.70. The van der Waals surface area contributed by atoms with Gasteiger partial charge in [-0.2, -0.15) is 0 Å². The van der Waals surface area contributed by atoms with Gasteiger partial charge in [0.2, 0.25) is 21.8 Å². The lowest BCUT2D eigenvalue weighted by molar-refractivity contribution is -0.140. The van der Waals surface area contributed by atoms with Crippen molar-refractivity contribution in [3.63, 3.8) is 0 Å². The van der Waals surface area contributed by atoms with E-state index in [2.05, 4.69) is 5.32 Å². The number of carbonyl (C=O) groups is 2. The molecule has 0 bridgehead atoms. The number of halogens is 3. The number of nitrogens with zero attached hydrogens (tertiary/aromatic N) is 2. The largest absolute Gasteiger partial charge is 0.352 e. The van der Waals surface area contributed by atoms with Gasteiger partial charge in [0, 0.05) is 27.7 Å². The highest BCUT2D eigenvalue weighted by Gasteiger charge is 2.33. The maximum atomic E-state index is 13.8. The van der Waals surface area contributed by atoms with Crippen molar-refractivity contribution in [1.29, 1.82) is 0 Å². The van der Waals surface area contributed by atoms with E-state index in [1.807, 2.05) is 13.8 Å². The Kier molecular flexibility index (Phi) is 10.9. The van der Waals surface area contributed by atoms with Crippen LogP contribution in [0.25, 0.3) is 0 Å². The number of rotatable bonds is 11. The van der Waals surface area contributed by atoms with Crippen molar-refractivity contribution in [3.8, 4) is 0 Å². The van der Waals surface area contributed by atoms with E-state index in [1.54, 1.807) is 44.2 Å². The third kappa shape index (κ3) is 8.00. The van der Waals surface area contributed by atoms with Gasteiger partial charge in [-0.1, -0.05) is 60.8 Å². The third-order valence-corrected chi connectivity index (χ3v) is 7.81. The molecule has 0 heterocycles. The molecule has 198 valence electrons. The average molecular weight is 577 g/mol. The molecule has 36 heavy (non-hydrogen) atoms. The minimum atomic E-state index is -3.86. The molecule has 0 spiro atoms. The van der Waals surface area contributed by atoms with Gasteiger partial charge in [0.1, 0.15) is 12.6 Å². The summed E-state index contributed by atoms with van der Waals surface area (Å²) >= 11 is 18.5. The Bertz CT molecular complexity index is 1210. The molecule has 0 aliphatic rings. The number of amides is 2. The van der Waals surface area contributed by atoms with Crippen LogP contribution < -0.4 is 9.62 Å². The lowest BCUT2D eigenvalue weighted by Gasteiger charge is -2.34. The van der Waals surface area contributed by atoms with E-state index in [0.717, 1.165) is 17.0 Å². The van der Waals surface area contributed by atoms with Crippen molar-refractivity contribution in [2.24, 2.45) is 0 Å². The van der Waals surface area contributed by atoms with Gasteiger partial charge in [0.05, 0.1) is 11.9 Å². The van der Waals surface area contributed by atoms with Gasteiger partial charge < -0.3 is 10.2 Å². The van der Waals surface area contributed by atoms with Crippen molar-refractivity contribution >= 4 is 62.3 Å². The highest BCUT2D eigenvalue weighted by atomic mass is 35.5. The summed E-state index contributed by atoms with van der Waals surface area (Å²) in [4.78, 5) is 28.3. The summed E-state index contributed by atoms with van der Waals surface area (Å²) in [6.45, 7) is 6.82. The van der Waals surface area contributed by atoms with Crippen LogP contribution in [0.2, 0.25) is 15.1 Å². The number of carbonyl (C=O) groups excluding carboxylic acids is 2. The number of hydrogen-bond donors (Lipinski definition) is 1. The van der Waals surface area contributed by atoms with E-state index in [-0.39, 0.29) is 18.5 Å². The predicted molar refractivity (Wildman–Crippen MR) is 147 cm³/mol. The van der Waals surface area contributed by atoms with Crippen LogP contribution >= 0.6 is 34.8 Å². The fourth-order valence-corrected chi connectivity index (χ4v) is 5.17. The number of benzene rings is 2. The smallest absolute Gasteiger partial charge is 0.244 e.